The quantitative estimate of drug-likeness (QED) is 0.710. The van der Waals surface area contributed by atoms with Crippen molar-refractivity contribution in [3.63, 3.8) is 0 Å². The largest absolute Gasteiger partial charge is 0.482 e. The maximum absolute atomic E-state index is 12.8. The van der Waals surface area contributed by atoms with Crippen molar-refractivity contribution in [2.24, 2.45) is 0 Å². The summed E-state index contributed by atoms with van der Waals surface area (Å²) < 4.78 is 33.6. The van der Waals surface area contributed by atoms with Crippen LogP contribution in [0.25, 0.3) is 0 Å². The zero-order valence-corrected chi connectivity index (χ0v) is 17.9. The van der Waals surface area contributed by atoms with Gasteiger partial charge < -0.3 is 15.0 Å². The summed E-state index contributed by atoms with van der Waals surface area (Å²) in [6, 6.07) is 14.0. The van der Waals surface area contributed by atoms with Crippen molar-refractivity contribution in [1.29, 1.82) is 0 Å². The van der Waals surface area contributed by atoms with Crippen LogP contribution in [0.2, 0.25) is 0 Å². The number of piperidine rings is 1. The number of hydrogen-bond acceptors (Lipinski definition) is 5. The van der Waals surface area contributed by atoms with E-state index in [-0.39, 0.29) is 29.4 Å². The van der Waals surface area contributed by atoms with Crippen molar-refractivity contribution in [3.05, 3.63) is 54.1 Å². The Morgan fingerprint density at radius 1 is 1.13 bits per heavy atom. The number of aryl methyl sites for hydroxylation is 1. The molecule has 2 heterocycles. The molecule has 0 bridgehead atoms. The molecule has 1 saturated heterocycles. The zero-order valence-electron chi connectivity index (χ0n) is 17.0. The fraction of sp³-hybridized carbons (Fsp3) is 0.364. The van der Waals surface area contributed by atoms with Gasteiger partial charge in [0.25, 0.3) is 5.91 Å². The Balaban J connectivity index is 1.30. The van der Waals surface area contributed by atoms with E-state index < -0.39 is 10.0 Å². The van der Waals surface area contributed by atoms with E-state index in [0.717, 1.165) is 5.56 Å². The molecule has 0 atom stereocenters. The lowest BCUT2D eigenvalue weighted by molar-refractivity contribution is -0.132. The number of sulfonamides is 1. The third-order valence-corrected chi connectivity index (χ3v) is 7.05. The number of fused-ring (bicyclic) bond motifs is 1. The molecule has 2 N–H and O–H groups in total. The van der Waals surface area contributed by atoms with Crippen molar-refractivity contribution in [3.8, 4) is 5.75 Å². The maximum atomic E-state index is 12.8. The molecule has 0 radical (unpaired) electrons. The topological polar surface area (TPSA) is 105 Å². The van der Waals surface area contributed by atoms with Crippen LogP contribution >= 0.6 is 0 Å². The van der Waals surface area contributed by atoms with E-state index in [1.54, 1.807) is 4.90 Å². The van der Waals surface area contributed by atoms with Gasteiger partial charge in [-0.15, -0.1) is 0 Å². The van der Waals surface area contributed by atoms with Crippen LogP contribution in [0.5, 0.6) is 5.75 Å². The summed E-state index contributed by atoms with van der Waals surface area (Å²) in [7, 11) is -3.76. The molecule has 9 heteroatoms. The summed E-state index contributed by atoms with van der Waals surface area (Å²) in [4.78, 5) is 25.8. The summed E-state index contributed by atoms with van der Waals surface area (Å²) in [5.41, 5.74) is 1.48. The van der Waals surface area contributed by atoms with E-state index in [9.17, 15) is 18.0 Å². The van der Waals surface area contributed by atoms with Crippen molar-refractivity contribution in [2.45, 2.75) is 36.6 Å². The number of carbonyl (C=O) groups is 2. The minimum atomic E-state index is -3.76. The van der Waals surface area contributed by atoms with Gasteiger partial charge in [-0.25, -0.2) is 13.1 Å². The highest BCUT2D eigenvalue weighted by atomic mass is 32.2. The van der Waals surface area contributed by atoms with Crippen LogP contribution in [-0.4, -0.2) is 50.9 Å². The number of rotatable bonds is 6. The van der Waals surface area contributed by atoms with Gasteiger partial charge in [-0.2, -0.15) is 0 Å². The van der Waals surface area contributed by atoms with Gasteiger partial charge in [0.1, 0.15) is 5.75 Å². The fourth-order valence-corrected chi connectivity index (χ4v) is 5.15. The van der Waals surface area contributed by atoms with Crippen LogP contribution < -0.4 is 14.8 Å². The van der Waals surface area contributed by atoms with Crippen LogP contribution in [0.1, 0.15) is 24.8 Å². The molecular weight excluding hydrogens is 418 g/mol. The third kappa shape index (κ3) is 5.23. The standard InChI is InChI=1S/C22H25N3O5S/c26-21-15-30-20-8-7-18(14-19(20)23-21)31(28,29)24-17-10-12-25(13-11-17)22(27)9-6-16-4-2-1-3-5-16/h1-5,7-8,14,17,24H,6,9-13,15H2,(H,23,26). The second kappa shape index (κ2) is 9.07. The molecule has 0 aromatic heterocycles. The van der Waals surface area contributed by atoms with Gasteiger partial charge in [0.15, 0.2) is 6.61 Å². The molecule has 2 aliphatic heterocycles. The average molecular weight is 444 g/mol. The first kappa shape index (κ1) is 21.3. The van der Waals surface area contributed by atoms with E-state index in [1.807, 2.05) is 30.3 Å². The van der Waals surface area contributed by atoms with Crippen LogP contribution in [0.4, 0.5) is 5.69 Å². The predicted molar refractivity (Wildman–Crippen MR) is 115 cm³/mol. The van der Waals surface area contributed by atoms with Crippen LogP contribution in [0, 0.1) is 0 Å². The SMILES string of the molecule is O=C1COc2ccc(S(=O)(=O)NC3CCN(C(=O)CCc4ccccc4)CC3)cc2N1. The molecular formula is C22H25N3O5S. The lowest BCUT2D eigenvalue weighted by Crippen LogP contribution is -2.46. The molecule has 0 saturated carbocycles. The molecule has 0 aliphatic carbocycles. The molecule has 2 aromatic rings. The second-order valence-electron chi connectivity index (χ2n) is 7.76. The first-order chi connectivity index (χ1) is 14.9. The molecule has 2 aliphatic rings. The minimum absolute atomic E-state index is 0.0680. The predicted octanol–water partition coefficient (Wildman–Crippen LogP) is 1.92. The first-order valence-electron chi connectivity index (χ1n) is 10.3. The Kier molecular flexibility index (Phi) is 6.24. The highest BCUT2D eigenvalue weighted by Gasteiger charge is 2.27. The van der Waals surface area contributed by atoms with Crippen LogP contribution in [-0.2, 0) is 26.0 Å². The zero-order chi connectivity index (χ0) is 21.8. The molecule has 0 unspecified atom stereocenters. The molecule has 164 valence electrons. The molecule has 0 spiro atoms. The van der Waals surface area contributed by atoms with E-state index >= 15 is 0 Å². The van der Waals surface area contributed by atoms with Gasteiger partial charge in [0.2, 0.25) is 15.9 Å². The average Bonchev–Trinajstić information content (AvgIpc) is 2.78. The number of nitrogens with one attached hydrogen (secondary N) is 2. The van der Waals surface area contributed by atoms with E-state index in [2.05, 4.69) is 10.0 Å². The summed E-state index contributed by atoms with van der Waals surface area (Å²) >= 11 is 0. The summed E-state index contributed by atoms with van der Waals surface area (Å²) in [5, 5.41) is 2.62. The van der Waals surface area contributed by atoms with E-state index in [0.29, 0.717) is 50.2 Å². The number of ether oxygens (including phenoxy) is 1. The first-order valence-corrected chi connectivity index (χ1v) is 11.8. The number of amides is 2. The van der Waals surface area contributed by atoms with Gasteiger partial charge in [-0.3, -0.25) is 9.59 Å². The Bertz CT molecular complexity index is 1060. The molecule has 1 fully saturated rings. The highest BCUT2D eigenvalue weighted by Crippen LogP contribution is 2.30. The van der Waals surface area contributed by atoms with Gasteiger partial charge in [-0.05, 0) is 43.0 Å². The summed E-state index contributed by atoms with van der Waals surface area (Å²) in [6.07, 6.45) is 2.26. The number of benzene rings is 2. The molecule has 8 nitrogen and oxygen atoms in total. The van der Waals surface area contributed by atoms with E-state index in [4.69, 9.17) is 4.74 Å². The van der Waals surface area contributed by atoms with E-state index in [1.165, 1.54) is 18.2 Å². The lowest BCUT2D eigenvalue weighted by atomic mass is 10.0. The van der Waals surface area contributed by atoms with Crippen LogP contribution in [0.3, 0.4) is 0 Å². The Hall–Kier alpha value is -2.91. The summed E-state index contributed by atoms with van der Waals surface area (Å²) in [5.74, 6) is 0.218. The molecule has 2 aromatic carbocycles. The lowest BCUT2D eigenvalue weighted by Gasteiger charge is -2.32. The Morgan fingerprint density at radius 2 is 1.87 bits per heavy atom. The van der Waals surface area contributed by atoms with Gasteiger partial charge in [-0.1, -0.05) is 30.3 Å². The van der Waals surface area contributed by atoms with Gasteiger partial charge in [0.05, 0.1) is 10.6 Å². The monoisotopic (exact) mass is 443 g/mol. The van der Waals surface area contributed by atoms with Crippen molar-refractivity contribution < 1.29 is 22.7 Å². The number of anilines is 1. The second-order valence-corrected chi connectivity index (χ2v) is 9.47. The van der Waals surface area contributed by atoms with Crippen LogP contribution in [0.15, 0.2) is 53.4 Å². The number of hydrogen-bond donors (Lipinski definition) is 2. The molecule has 2 amide bonds. The highest BCUT2D eigenvalue weighted by molar-refractivity contribution is 7.89. The normalized spacial score (nSPS) is 16.9. The number of nitrogens with zero attached hydrogens (tertiary/aromatic N) is 1. The molecule has 4 rings (SSSR count). The number of carbonyl (C=O) groups excluding carboxylic acids is 2. The van der Waals surface area contributed by atoms with Crippen molar-refractivity contribution in [1.82, 2.24) is 9.62 Å². The maximum Gasteiger partial charge on any atom is 0.262 e. The van der Waals surface area contributed by atoms with Crippen molar-refractivity contribution in [2.75, 3.05) is 25.0 Å². The minimum Gasteiger partial charge on any atom is -0.482 e. The fourth-order valence-electron chi connectivity index (χ4n) is 3.82. The van der Waals surface area contributed by atoms with Gasteiger partial charge in [0, 0.05) is 25.6 Å². The number of likely N-dealkylation sites (tertiary alicyclic amines) is 1. The Labute approximate surface area is 181 Å². The smallest absolute Gasteiger partial charge is 0.262 e. The summed E-state index contributed by atoms with van der Waals surface area (Å²) in [6.45, 7) is 0.962. The van der Waals surface area contributed by atoms with Gasteiger partial charge >= 0.3 is 0 Å². The molecule has 31 heavy (non-hydrogen) atoms. The van der Waals surface area contributed by atoms with Crippen molar-refractivity contribution >= 4 is 27.5 Å². The Morgan fingerprint density at radius 3 is 2.61 bits per heavy atom. The third-order valence-electron chi connectivity index (χ3n) is 5.53.